The summed E-state index contributed by atoms with van der Waals surface area (Å²) in [7, 11) is -4.08. The zero-order chi connectivity index (χ0) is 22.3. The second kappa shape index (κ2) is 10.4. The predicted molar refractivity (Wildman–Crippen MR) is 113 cm³/mol. The Balaban J connectivity index is 2.10. The van der Waals surface area contributed by atoms with Gasteiger partial charge in [0.1, 0.15) is 10.6 Å². The van der Waals surface area contributed by atoms with Crippen molar-refractivity contribution in [3.8, 4) is 5.75 Å². The maximum Gasteiger partial charge on any atom is 0.338 e. The standard InChI is InChI=1S/C20H23ClN2O6S/c1-4-28-17-11-8-15(21)12-18(17)30(26,27)23-13(3)19(24)22-16-9-6-14(7-10-16)20(25)29-5-2/h6-13,23H,4-5H2,1-3H3,(H,22,24). The second-order valence-electron chi connectivity index (χ2n) is 6.15. The van der Waals surface area contributed by atoms with E-state index in [9.17, 15) is 18.0 Å². The Morgan fingerprint density at radius 3 is 2.33 bits per heavy atom. The lowest BCUT2D eigenvalue weighted by molar-refractivity contribution is -0.117. The summed E-state index contributed by atoms with van der Waals surface area (Å²) >= 11 is 5.92. The van der Waals surface area contributed by atoms with Crippen LogP contribution < -0.4 is 14.8 Å². The molecule has 1 atom stereocenters. The average molecular weight is 455 g/mol. The van der Waals surface area contributed by atoms with Crippen LogP contribution in [-0.2, 0) is 19.6 Å². The monoisotopic (exact) mass is 454 g/mol. The highest BCUT2D eigenvalue weighted by Gasteiger charge is 2.25. The van der Waals surface area contributed by atoms with Gasteiger partial charge in [0, 0.05) is 10.7 Å². The van der Waals surface area contributed by atoms with Crippen LogP contribution >= 0.6 is 11.6 Å². The molecular formula is C20H23ClN2O6S. The van der Waals surface area contributed by atoms with E-state index in [0.29, 0.717) is 11.3 Å². The summed E-state index contributed by atoms with van der Waals surface area (Å²) in [6.45, 7) is 5.36. The summed E-state index contributed by atoms with van der Waals surface area (Å²) < 4.78 is 38.1. The van der Waals surface area contributed by atoms with Gasteiger partial charge in [-0.2, -0.15) is 4.72 Å². The summed E-state index contributed by atoms with van der Waals surface area (Å²) in [4.78, 5) is 23.9. The molecule has 1 unspecified atom stereocenters. The van der Waals surface area contributed by atoms with Gasteiger partial charge < -0.3 is 14.8 Å². The van der Waals surface area contributed by atoms with Crippen molar-refractivity contribution in [2.45, 2.75) is 31.7 Å². The molecule has 0 saturated heterocycles. The summed E-state index contributed by atoms with van der Waals surface area (Å²) in [5, 5.41) is 2.81. The van der Waals surface area contributed by atoms with Gasteiger partial charge >= 0.3 is 5.97 Å². The van der Waals surface area contributed by atoms with Crippen molar-refractivity contribution in [1.82, 2.24) is 4.72 Å². The van der Waals surface area contributed by atoms with Gasteiger partial charge in [0.25, 0.3) is 0 Å². The van der Waals surface area contributed by atoms with Crippen LogP contribution in [0.25, 0.3) is 0 Å². The minimum atomic E-state index is -4.08. The minimum absolute atomic E-state index is 0.136. The lowest BCUT2D eigenvalue weighted by Gasteiger charge is -2.16. The number of benzene rings is 2. The first-order valence-corrected chi connectivity index (χ1v) is 11.1. The molecule has 30 heavy (non-hydrogen) atoms. The van der Waals surface area contributed by atoms with E-state index < -0.39 is 27.9 Å². The third-order valence-corrected chi connectivity index (χ3v) is 5.68. The third-order valence-electron chi connectivity index (χ3n) is 3.88. The van der Waals surface area contributed by atoms with Crippen molar-refractivity contribution in [3.63, 3.8) is 0 Å². The van der Waals surface area contributed by atoms with Crippen molar-refractivity contribution >= 4 is 39.2 Å². The van der Waals surface area contributed by atoms with Crippen LogP contribution in [0.5, 0.6) is 5.75 Å². The van der Waals surface area contributed by atoms with Gasteiger partial charge in [-0.1, -0.05) is 11.6 Å². The first-order chi connectivity index (χ1) is 14.2. The number of carbonyl (C=O) groups excluding carboxylic acids is 2. The van der Waals surface area contributed by atoms with E-state index >= 15 is 0 Å². The van der Waals surface area contributed by atoms with E-state index in [0.717, 1.165) is 0 Å². The molecule has 0 aromatic heterocycles. The number of sulfonamides is 1. The predicted octanol–water partition coefficient (Wildman–Crippen LogP) is 3.22. The molecule has 0 bridgehead atoms. The number of hydrogen-bond acceptors (Lipinski definition) is 6. The number of anilines is 1. The molecular weight excluding hydrogens is 432 g/mol. The Morgan fingerprint density at radius 2 is 1.73 bits per heavy atom. The number of ether oxygens (including phenoxy) is 2. The number of halogens is 1. The van der Waals surface area contributed by atoms with Crippen LogP contribution in [-0.4, -0.2) is 39.5 Å². The third kappa shape index (κ3) is 6.19. The first-order valence-electron chi connectivity index (χ1n) is 9.20. The molecule has 0 radical (unpaired) electrons. The summed E-state index contributed by atoms with van der Waals surface area (Å²) in [6.07, 6.45) is 0. The molecule has 162 valence electrons. The lowest BCUT2D eigenvalue weighted by atomic mass is 10.2. The van der Waals surface area contributed by atoms with Crippen molar-refractivity contribution in [2.24, 2.45) is 0 Å². The van der Waals surface area contributed by atoms with Crippen LogP contribution in [0.1, 0.15) is 31.1 Å². The van der Waals surface area contributed by atoms with Gasteiger partial charge in [0.2, 0.25) is 15.9 Å². The number of hydrogen-bond donors (Lipinski definition) is 2. The molecule has 8 nitrogen and oxygen atoms in total. The Kier molecular flexibility index (Phi) is 8.22. The fourth-order valence-corrected chi connectivity index (χ4v) is 4.08. The van der Waals surface area contributed by atoms with Crippen molar-refractivity contribution in [2.75, 3.05) is 18.5 Å². The largest absolute Gasteiger partial charge is 0.492 e. The van der Waals surface area contributed by atoms with Gasteiger partial charge in [-0.25, -0.2) is 13.2 Å². The van der Waals surface area contributed by atoms with Crippen LogP contribution in [0, 0.1) is 0 Å². The highest BCUT2D eigenvalue weighted by molar-refractivity contribution is 7.89. The topological polar surface area (TPSA) is 111 Å². The van der Waals surface area contributed by atoms with Crippen LogP contribution in [0.3, 0.4) is 0 Å². The van der Waals surface area contributed by atoms with Crippen LogP contribution in [0.4, 0.5) is 5.69 Å². The Hall–Kier alpha value is -2.62. The number of carbonyl (C=O) groups is 2. The fraction of sp³-hybridized carbons (Fsp3) is 0.300. The highest BCUT2D eigenvalue weighted by atomic mass is 35.5. The second-order valence-corrected chi connectivity index (χ2v) is 8.27. The molecule has 2 N–H and O–H groups in total. The van der Waals surface area contributed by atoms with E-state index in [1.165, 1.54) is 49.4 Å². The molecule has 1 amide bonds. The van der Waals surface area contributed by atoms with Gasteiger partial charge in [0.05, 0.1) is 24.8 Å². The zero-order valence-corrected chi connectivity index (χ0v) is 18.3. The number of esters is 1. The lowest BCUT2D eigenvalue weighted by Crippen LogP contribution is -2.41. The van der Waals surface area contributed by atoms with Crippen molar-refractivity contribution in [3.05, 3.63) is 53.1 Å². The zero-order valence-electron chi connectivity index (χ0n) is 16.8. The Labute approximate surface area is 180 Å². The average Bonchev–Trinajstić information content (AvgIpc) is 2.69. The smallest absolute Gasteiger partial charge is 0.338 e. The Morgan fingerprint density at radius 1 is 1.07 bits per heavy atom. The summed E-state index contributed by atoms with van der Waals surface area (Å²) in [5.74, 6) is -0.915. The quantitative estimate of drug-likeness (QED) is 0.563. The summed E-state index contributed by atoms with van der Waals surface area (Å²) in [5.41, 5.74) is 0.741. The van der Waals surface area contributed by atoms with Crippen LogP contribution in [0.2, 0.25) is 5.02 Å². The molecule has 10 heteroatoms. The fourth-order valence-electron chi connectivity index (χ4n) is 2.47. The molecule has 0 heterocycles. The molecule has 2 aromatic carbocycles. The molecule has 2 aromatic rings. The van der Waals surface area contributed by atoms with Gasteiger partial charge in [0.15, 0.2) is 0 Å². The van der Waals surface area contributed by atoms with E-state index in [2.05, 4.69) is 10.0 Å². The van der Waals surface area contributed by atoms with Gasteiger partial charge in [-0.3, -0.25) is 4.79 Å². The number of nitrogens with one attached hydrogen (secondary N) is 2. The van der Waals surface area contributed by atoms with Gasteiger partial charge in [-0.15, -0.1) is 0 Å². The molecule has 0 aliphatic carbocycles. The SMILES string of the molecule is CCOC(=O)c1ccc(NC(=O)C(C)NS(=O)(=O)c2cc(Cl)ccc2OCC)cc1. The van der Waals surface area contributed by atoms with E-state index in [-0.39, 0.29) is 28.9 Å². The summed E-state index contributed by atoms with van der Waals surface area (Å²) in [6, 6.07) is 9.19. The number of amides is 1. The number of rotatable bonds is 9. The minimum Gasteiger partial charge on any atom is -0.492 e. The maximum atomic E-state index is 12.7. The Bertz CT molecular complexity index is 1010. The van der Waals surface area contributed by atoms with Crippen molar-refractivity contribution in [1.29, 1.82) is 0 Å². The maximum absolute atomic E-state index is 12.7. The molecule has 0 saturated carbocycles. The molecule has 0 fully saturated rings. The first kappa shape index (κ1) is 23.7. The van der Waals surface area contributed by atoms with Crippen LogP contribution in [0.15, 0.2) is 47.4 Å². The molecule has 0 aliphatic heterocycles. The molecule has 0 aliphatic rings. The highest BCUT2D eigenvalue weighted by Crippen LogP contribution is 2.27. The normalized spacial score (nSPS) is 12.1. The van der Waals surface area contributed by atoms with Crippen molar-refractivity contribution < 1.29 is 27.5 Å². The van der Waals surface area contributed by atoms with E-state index in [1.807, 2.05) is 0 Å². The van der Waals surface area contributed by atoms with E-state index in [1.54, 1.807) is 13.8 Å². The molecule has 0 spiro atoms. The van der Waals surface area contributed by atoms with Gasteiger partial charge in [-0.05, 0) is 63.2 Å². The van der Waals surface area contributed by atoms with E-state index in [4.69, 9.17) is 21.1 Å². The molecule has 2 rings (SSSR count).